The number of anilines is 1. The minimum Gasteiger partial charge on any atom is -0.466 e. The van der Waals surface area contributed by atoms with E-state index in [4.69, 9.17) is 4.74 Å². The molecule has 2 rings (SSSR count). The van der Waals surface area contributed by atoms with E-state index in [0.717, 1.165) is 12.8 Å². The van der Waals surface area contributed by atoms with Crippen molar-refractivity contribution in [3.05, 3.63) is 0 Å². The highest BCUT2D eigenvalue weighted by molar-refractivity contribution is 5.98. The first-order valence-corrected chi connectivity index (χ1v) is 6.90. The van der Waals surface area contributed by atoms with Gasteiger partial charge in [-0.05, 0) is 18.6 Å². The zero-order chi connectivity index (χ0) is 14.5. The fourth-order valence-electron chi connectivity index (χ4n) is 2.06. The predicted octanol–water partition coefficient (Wildman–Crippen LogP) is 0.389. The highest BCUT2D eigenvalue weighted by Gasteiger charge is 2.37. The molecule has 1 atom stereocenters. The smallest absolute Gasteiger partial charge is 0.311 e. The third-order valence-electron chi connectivity index (χ3n) is 3.14. The number of ether oxygens (including phenoxy) is 1. The molecule has 1 saturated heterocycles. The molecule has 0 bridgehead atoms. The van der Waals surface area contributed by atoms with E-state index in [2.05, 4.69) is 22.3 Å². The monoisotopic (exact) mass is 281 g/mol. The van der Waals surface area contributed by atoms with Crippen molar-refractivity contribution in [3.8, 4) is 0 Å². The molecular formula is C12H19N5O3. The maximum atomic E-state index is 11.9. The van der Waals surface area contributed by atoms with Crippen LogP contribution in [0.3, 0.4) is 0 Å². The van der Waals surface area contributed by atoms with Crippen LogP contribution in [0.25, 0.3) is 0 Å². The molecule has 0 saturated carbocycles. The number of hydrogen-bond acceptors (Lipinski definition) is 6. The fourth-order valence-corrected chi connectivity index (χ4v) is 2.06. The molecule has 2 heterocycles. The van der Waals surface area contributed by atoms with E-state index >= 15 is 0 Å². The molecule has 0 aromatic carbocycles. The van der Waals surface area contributed by atoms with E-state index in [0.29, 0.717) is 13.2 Å². The molecule has 1 fully saturated rings. The quantitative estimate of drug-likeness (QED) is 0.701. The second-order valence-corrected chi connectivity index (χ2v) is 4.70. The van der Waals surface area contributed by atoms with Gasteiger partial charge in [0, 0.05) is 13.0 Å². The normalized spacial score (nSPS) is 18.6. The lowest BCUT2D eigenvalue weighted by atomic mass is 10.1. The van der Waals surface area contributed by atoms with Gasteiger partial charge >= 0.3 is 5.97 Å². The van der Waals surface area contributed by atoms with Crippen molar-refractivity contribution in [1.82, 2.24) is 20.2 Å². The first-order chi connectivity index (χ1) is 9.65. The van der Waals surface area contributed by atoms with Crippen LogP contribution in [-0.2, 0) is 20.9 Å². The van der Waals surface area contributed by atoms with E-state index < -0.39 is 5.92 Å². The Bertz CT molecular complexity index is 487. The Balaban J connectivity index is 2.00. The van der Waals surface area contributed by atoms with E-state index in [9.17, 15) is 9.59 Å². The number of nitrogens with zero attached hydrogens (tertiary/aromatic N) is 5. The molecule has 0 spiro atoms. The van der Waals surface area contributed by atoms with Crippen molar-refractivity contribution in [3.63, 3.8) is 0 Å². The molecule has 1 aliphatic heterocycles. The van der Waals surface area contributed by atoms with Crippen LogP contribution in [0.4, 0.5) is 5.95 Å². The predicted molar refractivity (Wildman–Crippen MR) is 69.8 cm³/mol. The lowest BCUT2D eigenvalue weighted by Gasteiger charge is -2.10. The minimum absolute atomic E-state index is 0.141. The van der Waals surface area contributed by atoms with E-state index in [1.807, 2.05) is 0 Å². The van der Waals surface area contributed by atoms with E-state index in [1.165, 1.54) is 9.70 Å². The molecule has 1 amide bonds. The molecule has 110 valence electrons. The lowest BCUT2D eigenvalue weighted by molar-refractivity contribution is -0.147. The number of tetrazole rings is 1. The van der Waals surface area contributed by atoms with Crippen LogP contribution in [0, 0.1) is 5.92 Å². The standard InChI is InChI=1S/C12H19N5O3/c1-3-5-6-17-14-12(13-15-17)16-8-9(7-10(16)18)11(19)20-4-2/h9H,3-8H2,1-2H3/t9-/m1/s1. The first kappa shape index (κ1) is 14.4. The van der Waals surface area contributed by atoms with Crippen LogP contribution in [-0.4, -0.2) is 45.2 Å². The second-order valence-electron chi connectivity index (χ2n) is 4.70. The van der Waals surface area contributed by atoms with Crippen LogP contribution >= 0.6 is 0 Å². The average molecular weight is 281 g/mol. The largest absolute Gasteiger partial charge is 0.466 e. The number of carbonyl (C=O) groups excluding carboxylic acids is 2. The number of hydrogen-bond donors (Lipinski definition) is 0. The Morgan fingerprint density at radius 2 is 2.25 bits per heavy atom. The third-order valence-corrected chi connectivity index (χ3v) is 3.14. The zero-order valence-corrected chi connectivity index (χ0v) is 11.8. The van der Waals surface area contributed by atoms with Crippen molar-refractivity contribution in [2.45, 2.75) is 39.7 Å². The van der Waals surface area contributed by atoms with Crippen molar-refractivity contribution in [1.29, 1.82) is 0 Å². The van der Waals surface area contributed by atoms with Crippen molar-refractivity contribution in [2.75, 3.05) is 18.1 Å². The molecule has 20 heavy (non-hydrogen) atoms. The Labute approximate surface area is 117 Å². The summed E-state index contributed by atoms with van der Waals surface area (Å²) in [6, 6.07) is 0. The second kappa shape index (κ2) is 6.44. The summed E-state index contributed by atoms with van der Waals surface area (Å²) < 4.78 is 4.94. The van der Waals surface area contributed by atoms with Gasteiger partial charge in [-0.15, -0.1) is 5.10 Å². The summed E-state index contributed by atoms with van der Waals surface area (Å²) in [7, 11) is 0. The summed E-state index contributed by atoms with van der Waals surface area (Å²) in [4.78, 5) is 26.4. The minimum atomic E-state index is -0.440. The number of unbranched alkanes of at least 4 members (excludes halogenated alkanes) is 1. The van der Waals surface area contributed by atoms with Gasteiger partial charge < -0.3 is 4.74 Å². The van der Waals surface area contributed by atoms with Gasteiger partial charge in [-0.3, -0.25) is 14.5 Å². The van der Waals surface area contributed by atoms with Gasteiger partial charge in [0.25, 0.3) is 5.95 Å². The summed E-state index contributed by atoms with van der Waals surface area (Å²) >= 11 is 0. The van der Waals surface area contributed by atoms with Crippen LogP contribution in [0.2, 0.25) is 0 Å². The third kappa shape index (κ3) is 3.12. The Kier molecular flexibility index (Phi) is 4.65. The van der Waals surface area contributed by atoms with Gasteiger partial charge in [0.15, 0.2) is 0 Å². The summed E-state index contributed by atoms with van der Waals surface area (Å²) in [5.41, 5.74) is 0. The van der Waals surface area contributed by atoms with Crippen molar-refractivity contribution >= 4 is 17.8 Å². The Morgan fingerprint density at radius 3 is 2.95 bits per heavy atom. The van der Waals surface area contributed by atoms with Crippen LogP contribution < -0.4 is 4.90 Å². The molecule has 8 nitrogen and oxygen atoms in total. The maximum Gasteiger partial charge on any atom is 0.311 e. The van der Waals surface area contributed by atoms with Gasteiger partial charge in [0.2, 0.25) is 5.91 Å². The van der Waals surface area contributed by atoms with Gasteiger partial charge in [-0.25, -0.2) is 0 Å². The Morgan fingerprint density at radius 1 is 1.45 bits per heavy atom. The first-order valence-electron chi connectivity index (χ1n) is 6.90. The highest BCUT2D eigenvalue weighted by atomic mass is 16.5. The fraction of sp³-hybridized carbons (Fsp3) is 0.750. The van der Waals surface area contributed by atoms with Gasteiger partial charge in [-0.1, -0.05) is 18.4 Å². The van der Waals surface area contributed by atoms with Crippen LogP contribution in [0.5, 0.6) is 0 Å². The topological polar surface area (TPSA) is 90.2 Å². The van der Waals surface area contributed by atoms with E-state index in [-0.39, 0.29) is 30.8 Å². The number of rotatable bonds is 6. The zero-order valence-electron chi connectivity index (χ0n) is 11.8. The Hall–Kier alpha value is -1.99. The van der Waals surface area contributed by atoms with Crippen molar-refractivity contribution in [2.24, 2.45) is 5.92 Å². The molecule has 0 aliphatic carbocycles. The van der Waals surface area contributed by atoms with Crippen molar-refractivity contribution < 1.29 is 14.3 Å². The molecule has 0 N–H and O–H groups in total. The molecule has 1 aromatic rings. The molecule has 0 unspecified atom stereocenters. The summed E-state index contributed by atoms with van der Waals surface area (Å²) in [6.45, 7) is 5.07. The molecular weight excluding hydrogens is 262 g/mol. The number of aryl methyl sites for hydroxylation is 1. The molecule has 1 aromatic heterocycles. The summed E-state index contributed by atoms with van der Waals surface area (Å²) in [5.74, 6) is -0.692. The number of esters is 1. The number of amides is 1. The average Bonchev–Trinajstić information content (AvgIpc) is 3.03. The summed E-state index contributed by atoms with van der Waals surface area (Å²) in [6.07, 6.45) is 2.13. The maximum absolute atomic E-state index is 11.9. The number of aromatic nitrogens is 4. The van der Waals surface area contributed by atoms with Crippen LogP contribution in [0.15, 0.2) is 0 Å². The number of carbonyl (C=O) groups is 2. The van der Waals surface area contributed by atoms with Crippen LogP contribution in [0.1, 0.15) is 33.1 Å². The van der Waals surface area contributed by atoms with Gasteiger partial charge in [-0.2, -0.15) is 4.80 Å². The van der Waals surface area contributed by atoms with Gasteiger partial charge in [0.1, 0.15) is 0 Å². The lowest BCUT2D eigenvalue weighted by Crippen LogP contribution is -2.27. The molecule has 8 heteroatoms. The highest BCUT2D eigenvalue weighted by Crippen LogP contribution is 2.22. The SMILES string of the molecule is CCCCn1nnc(N2C[C@H](C(=O)OCC)CC2=O)n1. The molecule has 0 radical (unpaired) electrons. The van der Waals surface area contributed by atoms with E-state index in [1.54, 1.807) is 6.92 Å². The summed E-state index contributed by atoms with van der Waals surface area (Å²) in [5, 5.41) is 11.9. The molecule has 1 aliphatic rings. The van der Waals surface area contributed by atoms with Gasteiger partial charge in [0.05, 0.1) is 19.1 Å².